The van der Waals surface area contributed by atoms with Gasteiger partial charge in [0.15, 0.2) is 0 Å². The highest BCUT2D eigenvalue weighted by Gasteiger charge is 2.20. The third-order valence-corrected chi connectivity index (χ3v) is 8.14. The van der Waals surface area contributed by atoms with Gasteiger partial charge in [0.2, 0.25) is 0 Å². The second-order valence-corrected chi connectivity index (χ2v) is 12.3. The first-order chi connectivity index (χ1) is 19.2. The van der Waals surface area contributed by atoms with Gasteiger partial charge >= 0.3 is 6.09 Å². The van der Waals surface area contributed by atoms with Crippen molar-refractivity contribution in [2.75, 3.05) is 0 Å². The number of thiophene rings is 1. The van der Waals surface area contributed by atoms with Gasteiger partial charge in [0.1, 0.15) is 10.5 Å². The van der Waals surface area contributed by atoms with Crippen LogP contribution in [0.25, 0.3) is 21.2 Å². The van der Waals surface area contributed by atoms with Crippen LogP contribution in [0.3, 0.4) is 0 Å². The molecule has 1 saturated carbocycles. The smallest absolute Gasteiger partial charge is 0.407 e. The van der Waals surface area contributed by atoms with Crippen molar-refractivity contribution < 1.29 is 14.3 Å². The van der Waals surface area contributed by atoms with Crippen molar-refractivity contribution in [2.45, 2.75) is 71.1 Å². The number of nitrogens with zero attached hydrogens (tertiary/aromatic N) is 1. The van der Waals surface area contributed by atoms with Crippen molar-refractivity contribution in [3.8, 4) is 11.1 Å². The number of pyridine rings is 1. The first kappa shape index (κ1) is 29.6. The molecule has 2 heterocycles. The number of ether oxygens (including phenoxy) is 1. The van der Waals surface area contributed by atoms with Crippen LogP contribution < -0.4 is 10.6 Å². The van der Waals surface area contributed by atoms with Gasteiger partial charge in [-0.25, -0.2) is 4.79 Å². The quantitative estimate of drug-likeness (QED) is 0.249. The molecule has 0 atom stereocenters. The summed E-state index contributed by atoms with van der Waals surface area (Å²) in [6.45, 7) is 6.09. The van der Waals surface area contributed by atoms with E-state index in [0.29, 0.717) is 22.5 Å². The molecule has 210 valence electrons. The van der Waals surface area contributed by atoms with Crippen LogP contribution >= 0.6 is 22.9 Å². The van der Waals surface area contributed by atoms with Crippen LogP contribution in [-0.2, 0) is 11.3 Å². The van der Waals surface area contributed by atoms with Crippen LogP contribution in [0.4, 0.5) is 4.79 Å². The fourth-order valence-corrected chi connectivity index (χ4v) is 5.98. The number of carbonyl (C=O) groups excluding carboxylic acids is 2. The van der Waals surface area contributed by atoms with Gasteiger partial charge in [-0.3, -0.25) is 9.78 Å². The summed E-state index contributed by atoms with van der Waals surface area (Å²) in [5.41, 5.74) is 2.84. The van der Waals surface area contributed by atoms with Gasteiger partial charge in [-0.1, -0.05) is 67.3 Å². The molecule has 1 aliphatic rings. The molecule has 1 fully saturated rings. The molecule has 6 nitrogen and oxygen atoms in total. The molecule has 0 unspecified atom stereocenters. The number of amides is 2. The Morgan fingerprint density at radius 2 is 1.70 bits per heavy atom. The summed E-state index contributed by atoms with van der Waals surface area (Å²) in [5.74, 6) is -0.148. The van der Waals surface area contributed by atoms with Crippen molar-refractivity contribution in [3.63, 3.8) is 0 Å². The first-order valence-corrected chi connectivity index (χ1v) is 14.8. The Bertz CT molecular complexity index is 1430. The number of alkyl carbamates (subject to hydrolysis) is 1. The number of benzene rings is 2. The predicted molar refractivity (Wildman–Crippen MR) is 164 cm³/mol. The maximum Gasteiger partial charge on any atom is 0.407 e. The maximum atomic E-state index is 12.6. The van der Waals surface area contributed by atoms with Crippen molar-refractivity contribution in [1.29, 1.82) is 0 Å². The van der Waals surface area contributed by atoms with Crippen molar-refractivity contribution in [1.82, 2.24) is 15.6 Å². The van der Waals surface area contributed by atoms with Crippen molar-refractivity contribution >= 4 is 45.0 Å². The summed E-state index contributed by atoms with van der Waals surface area (Å²) in [6.07, 6.45) is 9.20. The molecule has 0 radical (unpaired) electrons. The third-order valence-electron chi connectivity index (χ3n) is 6.46. The van der Waals surface area contributed by atoms with Crippen LogP contribution in [0.1, 0.15) is 68.1 Å². The van der Waals surface area contributed by atoms with Crippen molar-refractivity contribution in [3.05, 3.63) is 88.5 Å². The summed E-state index contributed by atoms with van der Waals surface area (Å²) in [4.78, 5) is 28.6. The summed E-state index contributed by atoms with van der Waals surface area (Å²) < 4.78 is 6.21. The molecule has 40 heavy (non-hydrogen) atoms. The molecule has 1 aliphatic carbocycles. The van der Waals surface area contributed by atoms with E-state index in [4.69, 9.17) is 16.3 Å². The predicted octanol–water partition coefficient (Wildman–Crippen LogP) is 8.39. The van der Waals surface area contributed by atoms with Crippen LogP contribution in [0.15, 0.2) is 73.1 Å². The Morgan fingerprint density at radius 3 is 2.40 bits per heavy atom. The minimum absolute atomic E-state index is 0.148. The number of hydrogen-bond acceptors (Lipinski definition) is 5. The average Bonchev–Trinajstić information content (AvgIpc) is 3.29. The lowest BCUT2D eigenvalue weighted by Gasteiger charge is -2.25. The zero-order chi connectivity index (χ0) is 28.5. The highest BCUT2D eigenvalue weighted by molar-refractivity contribution is 7.21. The second kappa shape index (κ2) is 13.8. The topological polar surface area (TPSA) is 80.3 Å². The van der Waals surface area contributed by atoms with E-state index in [9.17, 15) is 9.59 Å². The van der Waals surface area contributed by atoms with Gasteiger partial charge in [-0.15, -0.1) is 11.3 Å². The van der Waals surface area contributed by atoms with E-state index in [1.807, 2.05) is 75.4 Å². The minimum atomic E-state index is -0.390. The first-order valence-electron chi connectivity index (χ1n) is 13.6. The number of hydrogen-bond donors (Lipinski definition) is 2. The zero-order valence-corrected chi connectivity index (χ0v) is 24.8. The molecule has 0 spiro atoms. The molecule has 0 aliphatic heterocycles. The van der Waals surface area contributed by atoms with Crippen LogP contribution in [0.2, 0.25) is 5.02 Å². The summed E-state index contributed by atoms with van der Waals surface area (Å²) in [7, 11) is 0. The highest BCUT2D eigenvalue weighted by Crippen LogP contribution is 2.35. The van der Waals surface area contributed by atoms with E-state index in [1.54, 1.807) is 12.4 Å². The van der Waals surface area contributed by atoms with Gasteiger partial charge in [0.25, 0.3) is 5.91 Å². The standard InChI is InChI=1S/C21H15ClN2OS.C11H21NO2/c22-19-17-6-1-2-7-18(17)26-20(19)21(25)24-13-14-4-3-5-16(12-14)15-8-10-23-11-9-15;1-11(2,3)14-10(13)12-9-7-5-4-6-8-9/h1-12H,13H2,(H,24,25);9H,4-8H2,1-3H3,(H,12,13). The molecular weight excluding hydrogens is 542 g/mol. The fraction of sp³-hybridized carbons (Fsp3) is 0.344. The zero-order valence-electron chi connectivity index (χ0n) is 23.2. The van der Waals surface area contributed by atoms with Gasteiger partial charge in [0.05, 0.1) is 5.02 Å². The third kappa shape index (κ3) is 8.54. The number of aromatic nitrogens is 1. The molecule has 8 heteroatoms. The Labute approximate surface area is 245 Å². The monoisotopic (exact) mass is 577 g/mol. The fourth-order valence-electron chi connectivity index (χ4n) is 4.55. The largest absolute Gasteiger partial charge is 0.444 e. The number of halogens is 1. The van der Waals surface area contributed by atoms with Crippen LogP contribution in [0.5, 0.6) is 0 Å². The molecule has 2 amide bonds. The molecule has 2 aromatic carbocycles. The normalized spacial score (nSPS) is 13.7. The van der Waals surface area contributed by atoms with Gasteiger partial charge in [-0.05, 0) is 74.6 Å². The molecule has 4 aromatic rings. The van der Waals surface area contributed by atoms with Crippen LogP contribution in [0, 0.1) is 0 Å². The number of rotatable bonds is 5. The Kier molecular flexibility index (Phi) is 10.2. The lowest BCUT2D eigenvalue weighted by Crippen LogP contribution is -2.39. The van der Waals surface area contributed by atoms with Gasteiger partial charge < -0.3 is 15.4 Å². The molecular formula is C32H36ClN3O3S. The molecule has 2 aromatic heterocycles. The van der Waals surface area contributed by atoms with E-state index in [1.165, 1.54) is 30.6 Å². The molecule has 0 saturated heterocycles. The Balaban J connectivity index is 0.000000224. The van der Waals surface area contributed by atoms with E-state index in [-0.39, 0.29) is 12.0 Å². The molecule has 0 bridgehead atoms. The Morgan fingerprint density at radius 1 is 0.975 bits per heavy atom. The number of carbonyl (C=O) groups is 2. The second-order valence-electron chi connectivity index (χ2n) is 10.8. The van der Waals surface area contributed by atoms with E-state index in [2.05, 4.69) is 21.7 Å². The van der Waals surface area contributed by atoms with Crippen LogP contribution in [-0.4, -0.2) is 28.6 Å². The lowest BCUT2D eigenvalue weighted by molar-refractivity contribution is 0.0493. The van der Waals surface area contributed by atoms with E-state index >= 15 is 0 Å². The number of fused-ring (bicyclic) bond motifs is 1. The minimum Gasteiger partial charge on any atom is -0.444 e. The highest BCUT2D eigenvalue weighted by atomic mass is 35.5. The average molecular weight is 578 g/mol. The lowest BCUT2D eigenvalue weighted by atomic mass is 9.96. The Hall–Kier alpha value is -3.42. The van der Waals surface area contributed by atoms with E-state index in [0.717, 1.165) is 39.6 Å². The summed E-state index contributed by atoms with van der Waals surface area (Å²) in [6, 6.07) is 20.1. The van der Waals surface area contributed by atoms with E-state index < -0.39 is 5.60 Å². The van der Waals surface area contributed by atoms with Crippen molar-refractivity contribution in [2.24, 2.45) is 0 Å². The summed E-state index contributed by atoms with van der Waals surface area (Å²) >= 11 is 7.80. The summed E-state index contributed by atoms with van der Waals surface area (Å²) in [5, 5.41) is 7.33. The SMILES string of the molecule is CC(C)(C)OC(=O)NC1CCCCC1.O=C(NCc1cccc(-c2ccncc2)c1)c1sc2ccccc2c1Cl. The number of nitrogens with one attached hydrogen (secondary N) is 2. The molecule has 5 rings (SSSR count). The maximum absolute atomic E-state index is 12.6. The van der Waals surface area contributed by atoms with Gasteiger partial charge in [0, 0.05) is 35.1 Å². The van der Waals surface area contributed by atoms with Gasteiger partial charge in [-0.2, -0.15) is 0 Å². The molecule has 2 N–H and O–H groups in total.